The van der Waals surface area contributed by atoms with Gasteiger partial charge in [-0.15, -0.1) is 0 Å². The smallest absolute Gasteiger partial charge is 0.342 e. The van der Waals surface area contributed by atoms with E-state index < -0.39 is 46.3 Å². The lowest BCUT2D eigenvalue weighted by atomic mass is 9.62. The summed E-state index contributed by atoms with van der Waals surface area (Å²) in [5.41, 5.74) is -0.295. The highest BCUT2D eigenvalue weighted by Gasteiger charge is 2.52. The van der Waals surface area contributed by atoms with Gasteiger partial charge in [0.15, 0.2) is 11.6 Å². The van der Waals surface area contributed by atoms with Crippen molar-refractivity contribution in [3.05, 3.63) is 53.3 Å². The summed E-state index contributed by atoms with van der Waals surface area (Å²) >= 11 is 0. The Labute approximate surface area is 221 Å². The molecule has 3 unspecified atom stereocenters. The second-order valence-electron chi connectivity index (χ2n) is 11.2. The summed E-state index contributed by atoms with van der Waals surface area (Å²) in [6.45, 7) is 7.88. The maximum absolute atomic E-state index is 14.3. The Morgan fingerprint density at radius 3 is 2.47 bits per heavy atom. The lowest BCUT2D eigenvalue weighted by Crippen LogP contribution is -2.51. The number of benzene rings is 2. The van der Waals surface area contributed by atoms with Crippen molar-refractivity contribution in [2.24, 2.45) is 16.1 Å². The highest BCUT2D eigenvalue weighted by molar-refractivity contribution is 7.92. The minimum Gasteiger partial charge on any atom is -0.342 e. The summed E-state index contributed by atoms with van der Waals surface area (Å²) in [6.07, 6.45) is 2.04. The van der Waals surface area contributed by atoms with Crippen molar-refractivity contribution in [3.8, 4) is 0 Å². The first-order valence-electron chi connectivity index (χ1n) is 12.0. The fourth-order valence-corrected chi connectivity index (χ4v) is 6.96. The summed E-state index contributed by atoms with van der Waals surface area (Å²) in [5, 5.41) is 3.03. The van der Waals surface area contributed by atoms with Gasteiger partial charge in [0.05, 0.1) is 22.7 Å². The number of rotatable bonds is 6. The molecule has 4 rings (SSSR count). The molecule has 0 aromatic heterocycles. The average Bonchev–Trinajstić information content (AvgIpc) is 2.80. The molecule has 0 bridgehead atoms. The number of ketones is 2. The Hall–Kier alpha value is -2.88. The van der Waals surface area contributed by atoms with Gasteiger partial charge < -0.3 is 9.84 Å². The molecule has 1 heterocycles. The van der Waals surface area contributed by atoms with Crippen molar-refractivity contribution in [2.75, 3.05) is 23.4 Å². The quantitative estimate of drug-likeness (QED) is 0.386. The van der Waals surface area contributed by atoms with Crippen LogP contribution in [0.1, 0.15) is 56.5 Å². The number of amidine groups is 1. The maximum atomic E-state index is 14.3. The molecule has 0 saturated heterocycles. The summed E-state index contributed by atoms with van der Waals surface area (Å²) in [4.78, 5) is 27.8. The van der Waals surface area contributed by atoms with Crippen molar-refractivity contribution in [1.82, 2.24) is 0 Å². The predicted molar refractivity (Wildman–Crippen MR) is 145 cm³/mol. The van der Waals surface area contributed by atoms with E-state index >= 15 is 0 Å². The van der Waals surface area contributed by atoms with Crippen molar-refractivity contribution in [3.63, 3.8) is 0 Å². The largest absolute Gasteiger partial charge is 0.348 e. The molecule has 0 spiro atoms. The van der Waals surface area contributed by atoms with Crippen LogP contribution in [0, 0.1) is 17.2 Å². The van der Waals surface area contributed by atoms with Crippen LogP contribution in [0.5, 0.6) is 0 Å². The lowest BCUT2D eigenvalue weighted by Gasteiger charge is -2.40. The molecule has 0 fully saturated rings. The van der Waals surface area contributed by atoms with Crippen LogP contribution < -0.4 is 15.3 Å². The van der Waals surface area contributed by atoms with Gasteiger partial charge in [0, 0.05) is 18.4 Å². The van der Waals surface area contributed by atoms with Gasteiger partial charge in [-0.05, 0) is 61.1 Å². The summed E-state index contributed by atoms with van der Waals surface area (Å²) < 4.78 is 63.3. The number of nitrogens with one attached hydrogen (secondary N) is 2. The third-order valence-electron chi connectivity index (χ3n) is 6.91. The second kappa shape index (κ2) is 9.39. The van der Waals surface area contributed by atoms with Gasteiger partial charge in [0.2, 0.25) is 10.0 Å². The number of hydrogen-bond acceptors (Lipinski definition) is 7. The SMILES string of the molecule is COP1(=O)N=C(C2C(=O)c3cc(F)ccc3C(C)(CCC(C)(C)C)C2=O)Nc2ccc(NS(C)(=O)=O)cc21. The molecule has 2 aromatic rings. The van der Waals surface area contributed by atoms with Crippen molar-refractivity contribution in [2.45, 2.75) is 46.0 Å². The minimum atomic E-state index is -4.02. The first kappa shape index (κ1) is 28.1. The van der Waals surface area contributed by atoms with E-state index in [-0.39, 0.29) is 33.5 Å². The standard InChI is InChI=1S/C26H31FN3O6PS/c1-25(2,3)11-12-26(4)18-9-7-15(27)13-17(18)22(31)21(23(26)32)24-28-19-10-8-16(30-38(6,34)35)14-20(19)37(33,29-24)36-5/h7-10,13-14,21,30H,11-12H2,1-6H3,(H,28,29,33). The van der Waals surface area contributed by atoms with E-state index in [4.69, 9.17) is 4.52 Å². The van der Waals surface area contributed by atoms with Gasteiger partial charge >= 0.3 is 7.52 Å². The molecule has 2 aromatic carbocycles. The van der Waals surface area contributed by atoms with Crippen LogP contribution in [0.2, 0.25) is 0 Å². The number of hydrogen-bond donors (Lipinski definition) is 2. The van der Waals surface area contributed by atoms with E-state index in [9.17, 15) is 27.0 Å². The van der Waals surface area contributed by atoms with Gasteiger partial charge in [-0.2, -0.15) is 4.76 Å². The third kappa shape index (κ3) is 5.19. The minimum absolute atomic E-state index is 0.0787. The number of carbonyl (C=O) groups excluding carboxylic acids is 2. The monoisotopic (exact) mass is 563 g/mol. The number of sulfonamides is 1. The summed E-state index contributed by atoms with van der Waals surface area (Å²) in [5.74, 6) is -3.30. The van der Waals surface area contributed by atoms with Crippen molar-refractivity contribution in [1.29, 1.82) is 0 Å². The maximum Gasteiger partial charge on any atom is 0.348 e. The Balaban J connectivity index is 1.84. The van der Waals surface area contributed by atoms with E-state index in [0.29, 0.717) is 18.4 Å². The number of fused-ring (bicyclic) bond motifs is 2. The molecule has 12 heteroatoms. The van der Waals surface area contributed by atoms with E-state index in [2.05, 4.69) is 14.8 Å². The zero-order valence-corrected chi connectivity index (χ0v) is 23.8. The van der Waals surface area contributed by atoms with Gasteiger partial charge in [0.1, 0.15) is 17.6 Å². The van der Waals surface area contributed by atoms with Crippen molar-refractivity contribution < 1.29 is 31.5 Å². The molecule has 0 amide bonds. The Morgan fingerprint density at radius 1 is 1.18 bits per heavy atom. The number of carbonyl (C=O) groups is 2. The third-order valence-corrected chi connectivity index (χ3v) is 9.47. The molecule has 1 aliphatic heterocycles. The van der Waals surface area contributed by atoms with Gasteiger partial charge in [-0.3, -0.25) is 18.9 Å². The molecule has 0 radical (unpaired) electrons. The molecule has 204 valence electrons. The lowest BCUT2D eigenvalue weighted by molar-refractivity contribution is -0.125. The first-order valence-corrected chi connectivity index (χ1v) is 15.5. The van der Waals surface area contributed by atoms with Crippen LogP contribution in [0.3, 0.4) is 0 Å². The fraction of sp³-hybridized carbons (Fsp3) is 0.423. The Morgan fingerprint density at radius 2 is 1.87 bits per heavy atom. The zero-order chi connectivity index (χ0) is 28.3. The van der Waals surface area contributed by atoms with Gasteiger partial charge in [-0.1, -0.05) is 26.8 Å². The molecule has 0 saturated carbocycles. The van der Waals surface area contributed by atoms with Crippen LogP contribution >= 0.6 is 7.52 Å². The fourth-order valence-electron chi connectivity index (χ4n) is 4.84. The first-order chi connectivity index (χ1) is 17.5. The number of Topliss-reactive ketones (excluding diaryl/α,β-unsaturated/α-hetero) is 2. The van der Waals surface area contributed by atoms with Crippen LogP contribution in [-0.4, -0.2) is 39.2 Å². The molecule has 1 aliphatic carbocycles. The predicted octanol–water partition coefficient (Wildman–Crippen LogP) is 4.65. The van der Waals surface area contributed by atoms with E-state index in [1.54, 1.807) is 6.92 Å². The molecular weight excluding hydrogens is 532 g/mol. The van der Waals surface area contributed by atoms with Gasteiger partial charge in [0.25, 0.3) is 0 Å². The van der Waals surface area contributed by atoms with E-state index in [1.165, 1.54) is 37.4 Å². The molecule has 2 aliphatic rings. The molecule has 2 N–H and O–H groups in total. The van der Waals surface area contributed by atoms with E-state index in [0.717, 1.165) is 12.3 Å². The van der Waals surface area contributed by atoms with Crippen LogP contribution in [0.15, 0.2) is 41.2 Å². The van der Waals surface area contributed by atoms with Crippen LogP contribution in [-0.2, 0) is 29.3 Å². The second-order valence-corrected chi connectivity index (χ2v) is 15.0. The van der Waals surface area contributed by atoms with Gasteiger partial charge in [-0.25, -0.2) is 12.8 Å². The molecular formula is C26H31FN3O6PS. The van der Waals surface area contributed by atoms with E-state index in [1.807, 2.05) is 20.8 Å². The number of halogens is 1. The Bertz CT molecular complexity index is 1530. The van der Waals surface area contributed by atoms with Crippen LogP contribution in [0.25, 0.3) is 0 Å². The topological polar surface area (TPSA) is 131 Å². The summed E-state index contributed by atoms with van der Waals surface area (Å²) in [6, 6.07) is 8.09. The summed E-state index contributed by atoms with van der Waals surface area (Å²) in [7, 11) is -6.45. The van der Waals surface area contributed by atoms with Crippen molar-refractivity contribution >= 4 is 51.6 Å². The average molecular weight is 564 g/mol. The Kier molecular flexibility index (Phi) is 6.96. The normalized spacial score (nSPS) is 25.2. The number of nitrogens with zero attached hydrogens (tertiary/aromatic N) is 1. The highest BCUT2D eigenvalue weighted by Crippen LogP contribution is 2.53. The number of anilines is 2. The molecule has 9 nitrogen and oxygen atoms in total. The van der Waals surface area contributed by atoms with Crippen LogP contribution in [0.4, 0.5) is 15.8 Å². The highest BCUT2D eigenvalue weighted by atomic mass is 32.2. The zero-order valence-electron chi connectivity index (χ0n) is 22.1. The molecule has 3 atom stereocenters. The molecule has 38 heavy (non-hydrogen) atoms.